The Morgan fingerprint density at radius 2 is 2.39 bits per heavy atom. The van der Waals surface area contributed by atoms with Gasteiger partial charge in [-0.25, -0.2) is 4.98 Å². The van der Waals surface area contributed by atoms with Crippen molar-refractivity contribution in [2.75, 3.05) is 13.6 Å². The van der Waals surface area contributed by atoms with E-state index < -0.39 is 0 Å². The molecule has 3 nitrogen and oxygen atoms in total. The first-order chi connectivity index (χ1) is 8.86. The van der Waals surface area contributed by atoms with Gasteiger partial charge in [0.2, 0.25) is 0 Å². The van der Waals surface area contributed by atoms with Crippen LogP contribution in [0.5, 0.6) is 0 Å². The van der Waals surface area contributed by atoms with Crippen LogP contribution in [0.3, 0.4) is 0 Å². The van der Waals surface area contributed by atoms with Gasteiger partial charge < -0.3 is 9.88 Å². The van der Waals surface area contributed by atoms with E-state index in [0.29, 0.717) is 0 Å². The van der Waals surface area contributed by atoms with E-state index in [0.717, 1.165) is 18.8 Å². The van der Waals surface area contributed by atoms with Crippen molar-refractivity contribution >= 4 is 16.9 Å². The molecule has 2 aromatic rings. The van der Waals surface area contributed by atoms with Crippen LogP contribution in [-0.4, -0.2) is 28.5 Å². The molecule has 18 heavy (non-hydrogen) atoms. The van der Waals surface area contributed by atoms with Crippen LogP contribution in [0.25, 0.3) is 5.57 Å². The number of aromatic amines is 1. The molecule has 0 aromatic carbocycles. The maximum atomic E-state index is 4.45. The number of allylic oxidation sites excluding steroid dienone is 1. The predicted octanol–water partition coefficient (Wildman–Crippen LogP) is 3.35. The molecule has 3 rings (SSSR count). The first-order valence-electron chi connectivity index (χ1n) is 6.33. The minimum Gasteiger partial charge on any atom is -0.377 e. The zero-order valence-electron chi connectivity index (χ0n) is 10.5. The van der Waals surface area contributed by atoms with E-state index in [4.69, 9.17) is 0 Å². The largest absolute Gasteiger partial charge is 0.377 e. The van der Waals surface area contributed by atoms with Gasteiger partial charge in [-0.15, -0.1) is 0 Å². The van der Waals surface area contributed by atoms with E-state index in [1.807, 2.05) is 12.4 Å². The van der Waals surface area contributed by atoms with E-state index in [1.165, 1.54) is 29.7 Å². The Hall–Kier alpha value is -1.55. The number of nitrogens with one attached hydrogen (secondary N) is 1. The fraction of sp³-hybridized carbons (Fsp3) is 0.357. The van der Waals surface area contributed by atoms with Gasteiger partial charge in [-0.3, -0.25) is 0 Å². The first kappa shape index (κ1) is 11.5. The standard InChI is InChI=1S/C14H17N3S/c1-17-8-3-2-4-12(17)13(11-5-9-18-10-11)14-15-6-7-16-14/h5-7,9-10H,2-4,8H2,1H3,(H,15,16). The van der Waals surface area contributed by atoms with E-state index in [-0.39, 0.29) is 0 Å². The third kappa shape index (κ3) is 2.08. The fourth-order valence-electron chi connectivity index (χ4n) is 2.53. The van der Waals surface area contributed by atoms with Crippen molar-refractivity contribution in [2.45, 2.75) is 19.3 Å². The highest BCUT2D eigenvalue weighted by Gasteiger charge is 2.20. The minimum atomic E-state index is 0.983. The van der Waals surface area contributed by atoms with E-state index >= 15 is 0 Å². The molecule has 4 heteroatoms. The van der Waals surface area contributed by atoms with Crippen molar-refractivity contribution < 1.29 is 0 Å². The zero-order chi connectivity index (χ0) is 12.4. The lowest BCUT2D eigenvalue weighted by Crippen LogP contribution is -2.25. The lowest BCUT2D eigenvalue weighted by atomic mass is 9.99. The highest BCUT2D eigenvalue weighted by Crippen LogP contribution is 2.32. The monoisotopic (exact) mass is 259 g/mol. The zero-order valence-corrected chi connectivity index (χ0v) is 11.3. The second kappa shape index (κ2) is 4.98. The van der Waals surface area contributed by atoms with Crippen LogP contribution in [0.15, 0.2) is 34.9 Å². The third-order valence-electron chi connectivity index (χ3n) is 3.45. The predicted molar refractivity (Wildman–Crippen MR) is 75.4 cm³/mol. The SMILES string of the molecule is CN1CCCCC1=C(c1ccsc1)c1ncc[nH]1. The molecule has 0 atom stereocenters. The minimum absolute atomic E-state index is 0.983. The molecule has 0 amide bonds. The summed E-state index contributed by atoms with van der Waals surface area (Å²) in [6, 6.07) is 2.18. The second-order valence-corrected chi connectivity index (χ2v) is 5.43. The van der Waals surface area contributed by atoms with Gasteiger partial charge in [0.25, 0.3) is 0 Å². The molecule has 0 aliphatic carbocycles. The van der Waals surface area contributed by atoms with Gasteiger partial charge in [0.05, 0.1) is 0 Å². The summed E-state index contributed by atoms with van der Waals surface area (Å²) in [6.45, 7) is 1.14. The molecule has 1 saturated heterocycles. The number of nitrogens with zero attached hydrogens (tertiary/aromatic N) is 2. The number of hydrogen-bond acceptors (Lipinski definition) is 3. The van der Waals surface area contributed by atoms with E-state index in [1.54, 1.807) is 11.3 Å². The summed E-state index contributed by atoms with van der Waals surface area (Å²) < 4.78 is 0. The highest BCUT2D eigenvalue weighted by molar-refractivity contribution is 7.08. The molecular weight excluding hydrogens is 242 g/mol. The number of H-pyrrole nitrogens is 1. The number of hydrogen-bond donors (Lipinski definition) is 1. The number of piperidine rings is 1. The summed E-state index contributed by atoms with van der Waals surface area (Å²) in [5.41, 5.74) is 3.96. The van der Waals surface area contributed by atoms with Crippen molar-refractivity contribution in [3.8, 4) is 0 Å². The Kier molecular flexibility index (Phi) is 3.19. The molecule has 94 valence electrons. The Balaban J connectivity index is 2.12. The summed E-state index contributed by atoms with van der Waals surface area (Å²) >= 11 is 1.74. The topological polar surface area (TPSA) is 31.9 Å². The molecule has 1 aliphatic rings. The van der Waals surface area contributed by atoms with Gasteiger partial charge in [-0.2, -0.15) is 11.3 Å². The molecule has 1 N–H and O–H groups in total. The van der Waals surface area contributed by atoms with Crippen LogP contribution in [0.2, 0.25) is 0 Å². The number of imidazole rings is 1. The van der Waals surface area contributed by atoms with Crippen molar-refractivity contribution in [3.63, 3.8) is 0 Å². The quantitative estimate of drug-likeness (QED) is 0.897. The molecule has 0 saturated carbocycles. The summed E-state index contributed by atoms with van der Waals surface area (Å²) in [4.78, 5) is 10.1. The summed E-state index contributed by atoms with van der Waals surface area (Å²) in [5, 5.41) is 4.33. The number of aromatic nitrogens is 2. The van der Waals surface area contributed by atoms with Crippen LogP contribution < -0.4 is 0 Å². The second-order valence-electron chi connectivity index (χ2n) is 4.65. The summed E-state index contributed by atoms with van der Waals surface area (Å²) in [5.74, 6) is 0.983. The Labute approximate surface area is 111 Å². The van der Waals surface area contributed by atoms with E-state index in [2.05, 4.69) is 38.7 Å². The molecular formula is C14H17N3S. The molecule has 3 heterocycles. The van der Waals surface area contributed by atoms with Crippen molar-refractivity contribution in [3.05, 3.63) is 46.3 Å². The van der Waals surface area contributed by atoms with Crippen LogP contribution in [-0.2, 0) is 0 Å². The third-order valence-corrected chi connectivity index (χ3v) is 4.13. The molecule has 0 spiro atoms. The maximum absolute atomic E-state index is 4.45. The Bertz CT molecular complexity index is 489. The van der Waals surface area contributed by atoms with Gasteiger partial charge in [0, 0.05) is 37.3 Å². The normalized spacial score (nSPS) is 19.1. The van der Waals surface area contributed by atoms with Crippen LogP contribution in [0, 0.1) is 0 Å². The lowest BCUT2D eigenvalue weighted by molar-refractivity contribution is 0.347. The number of rotatable bonds is 2. The molecule has 0 unspecified atom stereocenters. The lowest BCUT2D eigenvalue weighted by Gasteiger charge is -2.29. The van der Waals surface area contributed by atoms with Gasteiger partial charge >= 0.3 is 0 Å². The van der Waals surface area contributed by atoms with Crippen molar-refractivity contribution in [2.24, 2.45) is 0 Å². The van der Waals surface area contributed by atoms with Crippen molar-refractivity contribution in [1.29, 1.82) is 0 Å². The first-order valence-corrected chi connectivity index (χ1v) is 7.27. The molecule has 1 aliphatic heterocycles. The van der Waals surface area contributed by atoms with Gasteiger partial charge in [-0.05, 0) is 41.7 Å². The Morgan fingerprint density at radius 3 is 3.06 bits per heavy atom. The van der Waals surface area contributed by atoms with Crippen molar-refractivity contribution in [1.82, 2.24) is 14.9 Å². The van der Waals surface area contributed by atoms with Gasteiger partial charge in [-0.1, -0.05) is 0 Å². The average molecular weight is 259 g/mol. The average Bonchev–Trinajstić information content (AvgIpc) is 3.05. The molecule has 1 fully saturated rings. The number of likely N-dealkylation sites (tertiary alicyclic amines) is 1. The summed E-state index contributed by atoms with van der Waals surface area (Å²) in [7, 11) is 2.18. The Morgan fingerprint density at radius 1 is 1.44 bits per heavy atom. The molecule has 0 radical (unpaired) electrons. The van der Waals surface area contributed by atoms with Crippen LogP contribution in [0.1, 0.15) is 30.7 Å². The molecule has 0 bridgehead atoms. The maximum Gasteiger partial charge on any atom is 0.139 e. The smallest absolute Gasteiger partial charge is 0.139 e. The van der Waals surface area contributed by atoms with Gasteiger partial charge in [0.1, 0.15) is 5.82 Å². The summed E-state index contributed by atoms with van der Waals surface area (Å²) in [6.07, 6.45) is 7.42. The number of thiophene rings is 1. The fourth-order valence-corrected chi connectivity index (χ4v) is 3.18. The highest BCUT2D eigenvalue weighted by atomic mass is 32.1. The van der Waals surface area contributed by atoms with E-state index in [9.17, 15) is 0 Å². The van der Waals surface area contributed by atoms with Crippen LogP contribution >= 0.6 is 11.3 Å². The van der Waals surface area contributed by atoms with Gasteiger partial charge in [0.15, 0.2) is 0 Å². The van der Waals surface area contributed by atoms with Crippen LogP contribution in [0.4, 0.5) is 0 Å². The molecule has 2 aromatic heterocycles.